The molecule has 0 saturated carbocycles. The zero-order valence-corrected chi connectivity index (χ0v) is 10.1. The Hall–Kier alpha value is -1.89. The van der Waals surface area contributed by atoms with Crippen LogP contribution in [-0.4, -0.2) is 11.8 Å². The van der Waals surface area contributed by atoms with Gasteiger partial charge in [0.2, 0.25) is 0 Å². The predicted octanol–water partition coefficient (Wildman–Crippen LogP) is 3.91. The van der Waals surface area contributed by atoms with Crippen molar-refractivity contribution in [3.8, 4) is 11.1 Å². The maximum absolute atomic E-state index is 4.78. The molecular formula is C16H15N. The molecule has 0 bridgehead atoms. The Morgan fingerprint density at radius 2 is 1.12 bits per heavy atom. The van der Waals surface area contributed by atoms with Crippen molar-refractivity contribution < 1.29 is 0 Å². The van der Waals surface area contributed by atoms with Gasteiger partial charge in [0.25, 0.3) is 0 Å². The quantitative estimate of drug-likeness (QED) is 0.590. The Morgan fingerprint density at radius 3 is 1.53 bits per heavy atom. The topological polar surface area (TPSA) is 12.4 Å². The number of hydrogen-bond acceptors (Lipinski definition) is 1. The molecule has 0 spiro atoms. The van der Waals surface area contributed by atoms with E-state index in [0.717, 1.165) is 5.71 Å². The number of hydrogen-bond donors (Lipinski definition) is 0. The molecular weight excluding hydrogens is 206 g/mol. The fourth-order valence-corrected chi connectivity index (χ4v) is 2.39. The minimum atomic E-state index is 0.323. The van der Waals surface area contributed by atoms with E-state index in [1.54, 1.807) is 0 Å². The van der Waals surface area contributed by atoms with Crippen molar-refractivity contribution >= 4 is 5.71 Å². The minimum absolute atomic E-state index is 0.323. The second-order valence-corrected chi connectivity index (χ2v) is 4.66. The Bertz CT molecular complexity index is 546. The normalized spacial score (nSPS) is 12.5. The molecule has 0 aliphatic heterocycles. The van der Waals surface area contributed by atoms with E-state index in [4.69, 9.17) is 4.99 Å². The lowest BCUT2D eigenvalue weighted by Crippen LogP contribution is -2.02. The molecule has 3 rings (SSSR count). The molecule has 0 heterocycles. The van der Waals surface area contributed by atoms with Crippen LogP contribution in [0.5, 0.6) is 0 Å². The van der Waals surface area contributed by atoms with Crippen molar-refractivity contribution in [1.82, 2.24) is 0 Å². The first-order valence-electron chi connectivity index (χ1n) is 6.04. The fourth-order valence-electron chi connectivity index (χ4n) is 2.39. The number of nitrogens with zero attached hydrogens (tertiary/aromatic N) is 1. The highest BCUT2D eigenvalue weighted by Gasteiger charge is 2.23. The van der Waals surface area contributed by atoms with E-state index in [1.807, 2.05) is 0 Å². The van der Waals surface area contributed by atoms with Crippen molar-refractivity contribution in [2.45, 2.75) is 19.9 Å². The van der Waals surface area contributed by atoms with Gasteiger partial charge in [-0.2, -0.15) is 0 Å². The molecule has 0 aromatic heterocycles. The van der Waals surface area contributed by atoms with Crippen LogP contribution in [0.1, 0.15) is 25.0 Å². The summed E-state index contributed by atoms with van der Waals surface area (Å²) in [5, 5.41) is 0. The molecule has 1 heteroatoms. The summed E-state index contributed by atoms with van der Waals surface area (Å²) in [5.74, 6) is 0. The van der Waals surface area contributed by atoms with Crippen molar-refractivity contribution in [3.05, 3.63) is 59.7 Å². The molecule has 2 aromatic carbocycles. The van der Waals surface area contributed by atoms with E-state index in [0.29, 0.717) is 6.04 Å². The first-order valence-corrected chi connectivity index (χ1v) is 6.04. The first kappa shape index (κ1) is 10.3. The van der Waals surface area contributed by atoms with Crippen molar-refractivity contribution in [2.75, 3.05) is 0 Å². The number of fused-ring (bicyclic) bond motifs is 3. The van der Waals surface area contributed by atoms with E-state index in [1.165, 1.54) is 22.3 Å². The molecule has 1 nitrogen and oxygen atoms in total. The van der Waals surface area contributed by atoms with Gasteiger partial charge in [0.15, 0.2) is 0 Å². The Labute approximate surface area is 102 Å². The zero-order chi connectivity index (χ0) is 11.8. The first-order chi connectivity index (χ1) is 8.27. The van der Waals surface area contributed by atoms with Crippen molar-refractivity contribution in [2.24, 2.45) is 4.99 Å². The van der Waals surface area contributed by atoms with Gasteiger partial charge < -0.3 is 0 Å². The minimum Gasteiger partial charge on any atom is -0.281 e. The lowest BCUT2D eigenvalue weighted by Gasteiger charge is -2.03. The molecule has 84 valence electrons. The van der Waals surface area contributed by atoms with Crippen LogP contribution < -0.4 is 0 Å². The van der Waals surface area contributed by atoms with Crippen LogP contribution in [0.2, 0.25) is 0 Å². The lowest BCUT2D eigenvalue weighted by atomic mass is 10.1. The van der Waals surface area contributed by atoms with E-state index >= 15 is 0 Å². The summed E-state index contributed by atoms with van der Waals surface area (Å²) in [6.45, 7) is 4.24. The molecule has 0 unspecified atom stereocenters. The SMILES string of the molecule is CC(C)N=C1c2ccccc2-c2ccccc21. The number of aliphatic imine (C=N–C) groups is 1. The van der Waals surface area contributed by atoms with Gasteiger partial charge in [-0.3, -0.25) is 4.99 Å². The highest BCUT2D eigenvalue weighted by Crippen LogP contribution is 2.36. The Morgan fingerprint density at radius 1 is 0.706 bits per heavy atom. The van der Waals surface area contributed by atoms with Gasteiger partial charge in [-0.05, 0) is 25.0 Å². The van der Waals surface area contributed by atoms with Gasteiger partial charge in [-0.15, -0.1) is 0 Å². The number of rotatable bonds is 1. The van der Waals surface area contributed by atoms with Crippen LogP contribution >= 0.6 is 0 Å². The average molecular weight is 221 g/mol. The fraction of sp³-hybridized carbons (Fsp3) is 0.188. The maximum atomic E-state index is 4.78. The summed E-state index contributed by atoms with van der Waals surface area (Å²) in [5.41, 5.74) is 6.29. The van der Waals surface area contributed by atoms with E-state index in [-0.39, 0.29) is 0 Å². The van der Waals surface area contributed by atoms with Crippen LogP contribution in [0, 0.1) is 0 Å². The van der Waals surface area contributed by atoms with Crippen LogP contribution in [0.3, 0.4) is 0 Å². The Balaban J connectivity index is 2.31. The molecule has 0 saturated heterocycles. The van der Waals surface area contributed by atoms with Crippen LogP contribution in [-0.2, 0) is 0 Å². The monoisotopic (exact) mass is 221 g/mol. The van der Waals surface area contributed by atoms with Gasteiger partial charge >= 0.3 is 0 Å². The zero-order valence-electron chi connectivity index (χ0n) is 10.1. The third-order valence-corrected chi connectivity index (χ3v) is 3.04. The van der Waals surface area contributed by atoms with Gasteiger partial charge in [0.1, 0.15) is 0 Å². The van der Waals surface area contributed by atoms with Gasteiger partial charge in [-0.1, -0.05) is 48.5 Å². The van der Waals surface area contributed by atoms with Crippen LogP contribution in [0.15, 0.2) is 53.5 Å². The van der Waals surface area contributed by atoms with E-state index < -0.39 is 0 Å². The maximum Gasteiger partial charge on any atom is 0.0734 e. The highest BCUT2D eigenvalue weighted by molar-refractivity contribution is 6.24. The molecule has 1 aliphatic carbocycles. The highest BCUT2D eigenvalue weighted by atomic mass is 14.8. The standard InChI is InChI=1S/C16H15N/c1-11(2)17-16-14-9-5-3-7-12(14)13-8-4-6-10-15(13)16/h3-11H,1-2H3. The lowest BCUT2D eigenvalue weighted by molar-refractivity contribution is 0.837. The van der Waals surface area contributed by atoms with Gasteiger partial charge in [0.05, 0.1) is 5.71 Å². The summed E-state index contributed by atoms with van der Waals surface area (Å²) in [7, 11) is 0. The molecule has 0 N–H and O–H groups in total. The molecule has 2 aromatic rings. The molecule has 0 atom stereocenters. The average Bonchev–Trinajstić information content (AvgIpc) is 2.65. The van der Waals surface area contributed by atoms with Crippen LogP contribution in [0.4, 0.5) is 0 Å². The summed E-state index contributed by atoms with van der Waals surface area (Å²) < 4.78 is 0. The van der Waals surface area contributed by atoms with Crippen LogP contribution in [0.25, 0.3) is 11.1 Å². The Kier molecular flexibility index (Phi) is 2.32. The summed E-state index contributed by atoms with van der Waals surface area (Å²) in [6, 6.07) is 17.4. The molecule has 0 fully saturated rings. The third-order valence-electron chi connectivity index (χ3n) is 3.04. The summed E-state index contributed by atoms with van der Waals surface area (Å²) in [6.07, 6.45) is 0. The predicted molar refractivity (Wildman–Crippen MR) is 72.7 cm³/mol. The second-order valence-electron chi connectivity index (χ2n) is 4.66. The molecule has 1 aliphatic rings. The molecule has 0 radical (unpaired) electrons. The number of benzene rings is 2. The van der Waals surface area contributed by atoms with Gasteiger partial charge in [0, 0.05) is 17.2 Å². The largest absolute Gasteiger partial charge is 0.281 e. The second kappa shape index (κ2) is 3.85. The summed E-state index contributed by atoms with van der Waals surface area (Å²) >= 11 is 0. The van der Waals surface area contributed by atoms with E-state index in [9.17, 15) is 0 Å². The van der Waals surface area contributed by atoms with E-state index in [2.05, 4.69) is 62.4 Å². The van der Waals surface area contributed by atoms with Gasteiger partial charge in [-0.25, -0.2) is 0 Å². The summed E-state index contributed by atoms with van der Waals surface area (Å²) in [4.78, 5) is 4.78. The third kappa shape index (κ3) is 1.59. The van der Waals surface area contributed by atoms with Crippen molar-refractivity contribution in [1.29, 1.82) is 0 Å². The smallest absolute Gasteiger partial charge is 0.0734 e. The molecule has 17 heavy (non-hydrogen) atoms. The van der Waals surface area contributed by atoms with Crippen molar-refractivity contribution in [3.63, 3.8) is 0 Å². The molecule has 0 amide bonds.